The fourth-order valence-electron chi connectivity index (χ4n) is 1.57. The molecule has 6 nitrogen and oxygen atoms in total. The summed E-state index contributed by atoms with van der Waals surface area (Å²) >= 11 is 0. The van der Waals surface area contributed by atoms with Crippen molar-refractivity contribution in [3.63, 3.8) is 0 Å². The number of pyridine rings is 1. The molecule has 1 heterocycles. The largest absolute Gasteiger partial charge is 0.466 e. The standard InChI is InChI=1S/C15H20N2O4/c1-4-20-13(18)9-12(15(19)21-5-2)10-17-14-11(3)7-6-8-16-14/h6-8,10H,4-5,9H2,1-3H3,(H,16,17). The zero-order valence-corrected chi connectivity index (χ0v) is 12.5. The highest BCUT2D eigenvalue weighted by Gasteiger charge is 2.16. The van der Waals surface area contributed by atoms with Crippen molar-refractivity contribution < 1.29 is 19.1 Å². The summed E-state index contributed by atoms with van der Waals surface area (Å²) in [7, 11) is 0. The molecule has 0 fully saturated rings. The van der Waals surface area contributed by atoms with Crippen molar-refractivity contribution in [2.45, 2.75) is 27.2 Å². The Labute approximate surface area is 124 Å². The zero-order valence-electron chi connectivity index (χ0n) is 12.5. The van der Waals surface area contributed by atoms with Gasteiger partial charge in [0.2, 0.25) is 0 Å². The molecule has 0 aliphatic heterocycles. The van der Waals surface area contributed by atoms with E-state index in [1.54, 1.807) is 20.0 Å². The van der Waals surface area contributed by atoms with Crippen LogP contribution in [0.3, 0.4) is 0 Å². The fraction of sp³-hybridized carbons (Fsp3) is 0.400. The predicted molar refractivity (Wildman–Crippen MR) is 78.6 cm³/mol. The third-order valence-electron chi connectivity index (χ3n) is 2.57. The number of anilines is 1. The average Bonchev–Trinajstić information content (AvgIpc) is 2.45. The molecule has 0 spiro atoms. The summed E-state index contributed by atoms with van der Waals surface area (Å²) < 4.78 is 9.77. The second kappa shape index (κ2) is 8.73. The Morgan fingerprint density at radius 3 is 2.62 bits per heavy atom. The molecule has 0 bridgehead atoms. The first-order valence-electron chi connectivity index (χ1n) is 6.78. The highest BCUT2D eigenvalue weighted by molar-refractivity contribution is 5.94. The van der Waals surface area contributed by atoms with Crippen molar-refractivity contribution in [2.24, 2.45) is 0 Å². The van der Waals surface area contributed by atoms with Crippen molar-refractivity contribution >= 4 is 17.8 Å². The van der Waals surface area contributed by atoms with Gasteiger partial charge in [-0.05, 0) is 32.4 Å². The van der Waals surface area contributed by atoms with E-state index in [0.29, 0.717) is 5.82 Å². The van der Waals surface area contributed by atoms with Gasteiger partial charge in [-0.1, -0.05) is 6.07 Å². The number of aryl methyl sites for hydroxylation is 1. The molecule has 0 saturated heterocycles. The molecule has 0 aliphatic carbocycles. The molecule has 114 valence electrons. The average molecular weight is 292 g/mol. The van der Waals surface area contributed by atoms with Gasteiger partial charge in [-0.2, -0.15) is 0 Å². The Kier molecular flexibility index (Phi) is 6.94. The van der Waals surface area contributed by atoms with Gasteiger partial charge >= 0.3 is 11.9 Å². The molecule has 1 aromatic heterocycles. The smallest absolute Gasteiger partial charge is 0.336 e. The monoisotopic (exact) mass is 292 g/mol. The van der Waals surface area contributed by atoms with Gasteiger partial charge in [-0.25, -0.2) is 9.78 Å². The number of esters is 2. The van der Waals surface area contributed by atoms with Crippen molar-refractivity contribution in [3.05, 3.63) is 35.7 Å². The van der Waals surface area contributed by atoms with Crippen LogP contribution in [-0.2, 0) is 19.1 Å². The lowest BCUT2D eigenvalue weighted by Crippen LogP contribution is -2.15. The maximum Gasteiger partial charge on any atom is 0.336 e. The lowest BCUT2D eigenvalue weighted by atomic mass is 10.2. The van der Waals surface area contributed by atoms with E-state index in [4.69, 9.17) is 9.47 Å². The van der Waals surface area contributed by atoms with Crippen molar-refractivity contribution in [3.8, 4) is 0 Å². The first-order valence-corrected chi connectivity index (χ1v) is 6.78. The van der Waals surface area contributed by atoms with Gasteiger partial charge in [-0.15, -0.1) is 0 Å². The molecule has 0 aliphatic rings. The number of rotatable bonds is 7. The van der Waals surface area contributed by atoms with Gasteiger partial charge in [0.25, 0.3) is 0 Å². The van der Waals surface area contributed by atoms with E-state index in [1.165, 1.54) is 6.20 Å². The Hall–Kier alpha value is -2.37. The van der Waals surface area contributed by atoms with E-state index in [1.807, 2.05) is 19.1 Å². The molecular formula is C15H20N2O4. The highest BCUT2D eigenvalue weighted by atomic mass is 16.5. The molecule has 1 N–H and O–H groups in total. The highest BCUT2D eigenvalue weighted by Crippen LogP contribution is 2.12. The normalized spacial score (nSPS) is 10.9. The van der Waals surface area contributed by atoms with Crippen LogP contribution in [0.2, 0.25) is 0 Å². The van der Waals surface area contributed by atoms with E-state index in [9.17, 15) is 9.59 Å². The van der Waals surface area contributed by atoms with Crippen LogP contribution in [0.5, 0.6) is 0 Å². The topological polar surface area (TPSA) is 77.5 Å². The van der Waals surface area contributed by atoms with Crippen LogP contribution < -0.4 is 5.32 Å². The molecule has 0 atom stereocenters. The number of hydrogen-bond acceptors (Lipinski definition) is 6. The summed E-state index contributed by atoms with van der Waals surface area (Å²) in [6.07, 6.45) is 2.92. The number of aromatic nitrogens is 1. The van der Waals surface area contributed by atoms with Gasteiger partial charge < -0.3 is 14.8 Å². The van der Waals surface area contributed by atoms with Crippen molar-refractivity contribution in [2.75, 3.05) is 18.5 Å². The zero-order chi connectivity index (χ0) is 15.7. The lowest BCUT2D eigenvalue weighted by Gasteiger charge is -2.08. The van der Waals surface area contributed by atoms with Gasteiger partial charge in [0, 0.05) is 12.4 Å². The third kappa shape index (κ3) is 5.64. The lowest BCUT2D eigenvalue weighted by molar-refractivity contribution is -0.145. The molecule has 0 aromatic carbocycles. The van der Waals surface area contributed by atoms with Gasteiger partial charge in [0.05, 0.1) is 25.2 Å². The first-order chi connectivity index (χ1) is 10.1. The van der Waals surface area contributed by atoms with E-state index in [-0.39, 0.29) is 25.2 Å². The van der Waals surface area contributed by atoms with Crippen LogP contribution in [0.1, 0.15) is 25.8 Å². The number of nitrogens with one attached hydrogen (secondary N) is 1. The van der Waals surface area contributed by atoms with Crippen LogP contribution in [-0.4, -0.2) is 30.1 Å². The van der Waals surface area contributed by atoms with E-state index in [0.717, 1.165) is 5.56 Å². The summed E-state index contributed by atoms with van der Waals surface area (Å²) in [6, 6.07) is 3.70. The molecular weight excluding hydrogens is 272 g/mol. The summed E-state index contributed by atoms with van der Waals surface area (Å²) in [5.74, 6) is -0.411. The Morgan fingerprint density at radius 1 is 1.29 bits per heavy atom. The summed E-state index contributed by atoms with van der Waals surface area (Å²) in [5.41, 5.74) is 1.12. The number of carbonyl (C=O) groups is 2. The van der Waals surface area contributed by atoms with Crippen LogP contribution in [0.15, 0.2) is 30.1 Å². The minimum Gasteiger partial charge on any atom is -0.466 e. The van der Waals surface area contributed by atoms with Crippen LogP contribution >= 0.6 is 0 Å². The maximum atomic E-state index is 11.8. The second-order valence-corrected chi connectivity index (χ2v) is 4.19. The Bertz CT molecular complexity index is 526. The summed E-state index contributed by atoms with van der Waals surface area (Å²) in [5, 5.41) is 2.92. The van der Waals surface area contributed by atoms with Gasteiger partial charge in [0.1, 0.15) is 5.82 Å². The van der Waals surface area contributed by atoms with Crippen LogP contribution in [0.4, 0.5) is 5.82 Å². The van der Waals surface area contributed by atoms with Gasteiger partial charge in [0.15, 0.2) is 0 Å². The molecule has 0 saturated carbocycles. The van der Waals surface area contributed by atoms with Crippen molar-refractivity contribution in [1.29, 1.82) is 0 Å². The summed E-state index contributed by atoms with van der Waals surface area (Å²) in [4.78, 5) is 27.5. The predicted octanol–water partition coefficient (Wildman–Crippen LogP) is 2.20. The second-order valence-electron chi connectivity index (χ2n) is 4.19. The minimum absolute atomic E-state index is 0.147. The van der Waals surface area contributed by atoms with Gasteiger partial charge in [-0.3, -0.25) is 4.79 Å². The fourth-order valence-corrected chi connectivity index (χ4v) is 1.57. The van der Waals surface area contributed by atoms with Crippen molar-refractivity contribution in [1.82, 2.24) is 4.98 Å². The van der Waals surface area contributed by atoms with E-state index < -0.39 is 11.9 Å². The molecule has 0 radical (unpaired) electrons. The third-order valence-corrected chi connectivity index (χ3v) is 2.57. The summed E-state index contributed by atoms with van der Waals surface area (Å²) in [6.45, 7) is 5.80. The molecule has 0 amide bonds. The number of ether oxygens (including phenoxy) is 2. The van der Waals surface area contributed by atoms with Crippen LogP contribution in [0, 0.1) is 6.92 Å². The van der Waals surface area contributed by atoms with Crippen LogP contribution in [0.25, 0.3) is 0 Å². The number of carbonyl (C=O) groups excluding carboxylic acids is 2. The minimum atomic E-state index is -0.549. The quantitative estimate of drug-likeness (QED) is 0.613. The Balaban J connectivity index is 2.84. The van der Waals surface area contributed by atoms with E-state index >= 15 is 0 Å². The number of hydrogen-bond donors (Lipinski definition) is 1. The first kappa shape index (κ1) is 16.7. The molecule has 0 unspecified atom stereocenters. The molecule has 21 heavy (non-hydrogen) atoms. The van der Waals surface area contributed by atoms with E-state index in [2.05, 4.69) is 10.3 Å². The molecule has 6 heteroatoms. The molecule has 1 rings (SSSR count). The maximum absolute atomic E-state index is 11.8. The SMILES string of the molecule is CCOC(=O)CC(=CNc1ncccc1C)C(=O)OCC. The molecule has 1 aromatic rings. The number of nitrogens with zero attached hydrogens (tertiary/aromatic N) is 1. The Morgan fingerprint density at radius 2 is 2.00 bits per heavy atom.